The molecule has 5 rings (SSSR count). The van der Waals surface area contributed by atoms with Gasteiger partial charge in [0, 0.05) is 13.0 Å². The fourth-order valence-corrected chi connectivity index (χ4v) is 7.99. The molecule has 14 nitrogen and oxygen atoms in total. The molecule has 3 aromatic rings. The van der Waals surface area contributed by atoms with Gasteiger partial charge in [-0.3, -0.25) is 13.7 Å². The number of hydrogen-bond acceptors (Lipinski definition) is 10. The topological polar surface area (TPSA) is 209 Å². The van der Waals surface area contributed by atoms with Gasteiger partial charge in [0.1, 0.15) is 17.3 Å². The number of rotatable bonds is 10. The van der Waals surface area contributed by atoms with E-state index in [-0.39, 0.29) is 23.8 Å². The highest BCUT2D eigenvalue weighted by molar-refractivity contribution is 7.70. The van der Waals surface area contributed by atoms with Crippen LogP contribution in [-0.2, 0) is 24.9 Å². The van der Waals surface area contributed by atoms with Crippen molar-refractivity contribution in [3.63, 3.8) is 0 Å². The van der Waals surface area contributed by atoms with Crippen molar-refractivity contribution < 1.29 is 43.3 Å². The third-order valence-electron chi connectivity index (χ3n) is 6.75. The summed E-state index contributed by atoms with van der Waals surface area (Å²) in [5, 5.41) is 25.3. The van der Waals surface area contributed by atoms with E-state index in [0.717, 1.165) is 5.56 Å². The van der Waals surface area contributed by atoms with Crippen LogP contribution in [0.1, 0.15) is 31.6 Å². The second-order valence-electron chi connectivity index (χ2n) is 9.39. The highest BCUT2D eigenvalue weighted by Crippen LogP contribution is 2.68. The Morgan fingerprint density at radius 2 is 1.97 bits per heavy atom. The summed E-state index contributed by atoms with van der Waals surface area (Å²) in [6.07, 6.45) is -2.76. The maximum atomic E-state index is 12.4. The van der Waals surface area contributed by atoms with Crippen LogP contribution in [0.5, 0.6) is 0 Å². The molecule has 6 atom stereocenters. The smallest absolute Gasteiger partial charge is 0.340 e. The summed E-state index contributed by atoms with van der Waals surface area (Å²) >= 11 is 6.17. The maximum absolute atomic E-state index is 12.4. The van der Waals surface area contributed by atoms with Gasteiger partial charge in [-0.2, -0.15) is 9.97 Å². The number of aliphatic hydroxyl groups excluding tert-OH is 1. The summed E-state index contributed by atoms with van der Waals surface area (Å²) in [5.41, 5.74) is -1.96. The van der Waals surface area contributed by atoms with Crippen LogP contribution in [0.3, 0.4) is 0 Å². The number of aliphatic hydroxyl groups is 2. The first-order valence-electron chi connectivity index (χ1n) is 11.6. The minimum absolute atomic E-state index is 0.0414. The lowest BCUT2D eigenvalue weighted by molar-refractivity contribution is -0.110. The molecule has 1 saturated heterocycles. The van der Waals surface area contributed by atoms with E-state index in [1.807, 2.05) is 30.3 Å². The average Bonchev–Trinajstić information content (AvgIpc) is 3.11. The van der Waals surface area contributed by atoms with Crippen LogP contribution >= 0.6 is 26.8 Å². The average molecular weight is 590 g/mol. The Morgan fingerprint density at radius 3 is 2.63 bits per heavy atom. The van der Waals surface area contributed by atoms with E-state index < -0.39 is 50.7 Å². The van der Waals surface area contributed by atoms with Crippen molar-refractivity contribution in [2.24, 2.45) is 0 Å². The highest BCUT2D eigenvalue weighted by Gasteiger charge is 2.82. The van der Waals surface area contributed by atoms with E-state index in [9.17, 15) is 24.2 Å². The number of aromatic nitrogens is 4. The van der Waals surface area contributed by atoms with E-state index in [4.69, 9.17) is 30.6 Å². The zero-order valence-corrected chi connectivity index (χ0v) is 22.5. The van der Waals surface area contributed by atoms with Crippen molar-refractivity contribution >= 4 is 43.8 Å². The molecule has 1 aliphatic carbocycles. The van der Waals surface area contributed by atoms with Gasteiger partial charge in [-0.1, -0.05) is 37.3 Å². The van der Waals surface area contributed by atoms with Crippen molar-refractivity contribution in [3.8, 4) is 0 Å². The number of fused-ring (bicyclic) bond motifs is 2. The minimum atomic E-state index is -4.87. The van der Waals surface area contributed by atoms with Gasteiger partial charge in [0.2, 0.25) is 5.28 Å². The molecular weight excluding hydrogens is 564 g/mol. The number of nitrogens with one attached hydrogen (secondary N) is 1. The van der Waals surface area contributed by atoms with Crippen LogP contribution in [0.15, 0.2) is 36.7 Å². The van der Waals surface area contributed by atoms with Crippen LogP contribution in [0, 0.1) is 0 Å². The van der Waals surface area contributed by atoms with Gasteiger partial charge in [0.25, 0.3) is 0 Å². The summed E-state index contributed by atoms with van der Waals surface area (Å²) in [7, 11) is -9.64. The molecule has 2 fully saturated rings. The Kier molecular flexibility index (Phi) is 6.97. The SMILES string of the molecule is CCC(OP(=O)(O)CP(=O)(O)O)[C@]12C[C@]1(O)[C@@H](O)[C@H](n1cnc3c(NCc4ccccc4)nc(Cl)nc31)O2. The quantitative estimate of drug-likeness (QED) is 0.148. The van der Waals surface area contributed by atoms with E-state index in [1.54, 1.807) is 6.92 Å². The van der Waals surface area contributed by atoms with Crippen molar-refractivity contribution in [3.05, 3.63) is 47.5 Å². The standard InChI is InChI=1S/C21H26ClN5O9P2/c1-2-13(36-38(33,34)11-37(30,31)32)21-9-20(21,29)15(28)18(35-21)27-10-24-14-16(25-19(22)26-17(14)27)23-8-12-6-4-3-5-7-12/h3-7,10,13,15,18,28-29H,2,8-9,11H2,1H3,(H,33,34)(H,23,25,26)(H2,30,31,32)/t13?,15-,18+,20-,21+/m0/s1. The monoisotopic (exact) mass is 589 g/mol. The largest absolute Gasteiger partial charge is 0.385 e. The first-order chi connectivity index (χ1) is 17.8. The predicted molar refractivity (Wildman–Crippen MR) is 134 cm³/mol. The Hall–Kier alpha value is -1.96. The number of benzene rings is 1. The van der Waals surface area contributed by atoms with Gasteiger partial charge < -0.3 is 39.5 Å². The summed E-state index contributed by atoms with van der Waals surface area (Å²) in [5.74, 6) is -1.06. The third kappa shape index (κ3) is 4.90. The molecule has 38 heavy (non-hydrogen) atoms. The first-order valence-corrected chi connectivity index (χ1v) is 15.5. The Labute approximate surface area is 221 Å². The molecule has 0 spiro atoms. The van der Waals surface area contributed by atoms with Crippen molar-refractivity contribution in [2.45, 2.75) is 55.9 Å². The minimum Gasteiger partial charge on any atom is -0.385 e. The molecule has 0 amide bonds. The fourth-order valence-electron chi connectivity index (χ4n) is 4.98. The zero-order chi connectivity index (χ0) is 27.5. The normalized spacial score (nSPS) is 29.1. The molecule has 1 aliphatic heterocycles. The van der Waals surface area contributed by atoms with Gasteiger partial charge in [-0.15, -0.1) is 0 Å². The Bertz CT molecular complexity index is 1460. The number of anilines is 1. The molecule has 1 aromatic carbocycles. The molecule has 2 unspecified atom stereocenters. The van der Waals surface area contributed by atoms with E-state index in [0.29, 0.717) is 17.9 Å². The van der Waals surface area contributed by atoms with Crippen LogP contribution in [-0.4, -0.2) is 73.7 Å². The number of nitrogens with zero attached hydrogens (tertiary/aromatic N) is 4. The van der Waals surface area contributed by atoms with E-state index in [2.05, 4.69) is 20.3 Å². The molecule has 2 aliphatic rings. The molecule has 17 heteroatoms. The molecule has 3 heterocycles. The van der Waals surface area contributed by atoms with E-state index in [1.165, 1.54) is 10.9 Å². The van der Waals surface area contributed by atoms with Gasteiger partial charge in [0.15, 0.2) is 29.1 Å². The van der Waals surface area contributed by atoms with Gasteiger partial charge in [-0.25, -0.2) is 4.98 Å². The number of ether oxygens (including phenoxy) is 1. The molecule has 6 N–H and O–H groups in total. The van der Waals surface area contributed by atoms with Crippen LogP contribution in [0.2, 0.25) is 5.28 Å². The summed E-state index contributed by atoms with van der Waals surface area (Å²) < 4.78 is 36.4. The Balaban J connectivity index is 1.42. The second kappa shape index (κ2) is 9.60. The summed E-state index contributed by atoms with van der Waals surface area (Å²) in [4.78, 5) is 41.1. The molecule has 2 aromatic heterocycles. The maximum Gasteiger partial charge on any atom is 0.340 e. The fraction of sp³-hybridized carbons (Fsp3) is 0.476. The first kappa shape index (κ1) is 27.6. The summed E-state index contributed by atoms with van der Waals surface area (Å²) in [6, 6.07) is 9.55. The van der Waals surface area contributed by atoms with Gasteiger partial charge >= 0.3 is 15.2 Å². The lowest BCUT2D eigenvalue weighted by atomic mass is 10.0. The number of halogens is 1. The molecule has 206 valence electrons. The summed E-state index contributed by atoms with van der Waals surface area (Å²) in [6.45, 7) is 2.01. The van der Waals surface area contributed by atoms with Crippen LogP contribution < -0.4 is 5.32 Å². The molecule has 0 radical (unpaired) electrons. The lowest BCUT2D eigenvalue weighted by Gasteiger charge is -2.28. The zero-order valence-electron chi connectivity index (χ0n) is 20.0. The third-order valence-corrected chi connectivity index (χ3v) is 10.4. The van der Waals surface area contributed by atoms with Gasteiger partial charge in [0.05, 0.1) is 12.4 Å². The van der Waals surface area contributed by atoms with Crippen molar-refractivity contribution in [1.29, 1.82) is 0 Å². The number of imidazole rings is 1. The van der Waals surface area contributed by atoms with Crippen molar-refractivity contribution in [1.82, 2.24) is 19.5 Å². The molecular formula is C21H26ClN5O9P2. The van der Waals surface area contributed by atoms with Crippen LogP contribution in [0.25, 0.3) is 11.2 Å². The van der Waals surface area contributed by atoms with Crippen LogP contribution in [0.4, 0.5) is 5.82 Å². The lowest BCUT2D eigenvalue weighted by Crippen LogP contribution is -2.39. The molecule has 1 saturated carbocycles. The molecule has 0 bridgehead atoms. The Morgan fingerprint density at radius 1 is 1.26 bits per heavy atom. The van der Waals surface area contributed by atoms with Gasteiger partial charge in [-0.05, 0) is 23.6 Å². The van der Waals surface area contributed by atoms with Crippen molar-refractivity contribution in [2.75, 3.05) is 11.2 Å². The second-order valence-corrected chi connectivity index (χ2v) is 13.7. The van der Waals surface area contributed by atoms with E-state index >= 15 is 0 Å². The highest BCUT2D eigenvalue weighted by atomic mass is 35.5. The predicted octanol–water partition coefficient (Wildman–Crippen LogP) is 1.97. The number of hydrogen-bond donors (Lipinski definition) is 6.